The van der Waals surface area contributed by atoms with Crippen molar-refractivity contribution >= 4 is 60.4 Å². The standard InChI is InChI=1S/C56H37N3/c1-5-18-38(19-6-1)39-32-34-40(35-33-39)48-37-51(57-49-30-16-15-28-46(48)49)47-29-17-31-50-53(47)54-45-27-14-13-22-42(45)36-52(55(54)56(58-50)41-20-7-2-8-21-41)59(43-23-9-3-10-24-43)44-25-11-4-12-26-44/h1-37H. The molecular formula is C56H37N3. The highest BCUT2D eigenvalue weighted by Crippen LogP contribution is 2.49. The van der Waals surface area contributed by atoms with Crippen LogP contribution in [0.25, 0.3) is 88.1 Å². The normalized spacial score (nSPS) is 11.4. The number of benzene rings is 9. The van der Waals surface area contributed by atoms with Crippen molar-refractivity contribution in [2.24, 2.45) is 0 Å². The summed E-state index contributed by atoms with van der Waals surface area (Å²) in [7, 11) is 0. The van der Waals surface area contributed by atoms with E-state index in [1.54, 1.807) is 0 Å². The maximum Gasteiger partial charge on any atom is 0.0809 e. The summed E-state index contributed by atoms with van der Waals surface area (Å²) < 4.78 is 0. The van der Waals surface area contributed by atoms with Gasteiger partial charge in [0.15, 0.2) is 0 Å². The van der Waals surface area contributed by atoms with Crippen LogP contribution < -0.4 is 4.90 Å². The Bertz CT molecular complexity index is 3250. The third-order valence-electron chi connectivity index (χ3n) is 11.4. The molecule has 2 heterocycles. The van der Waals surface area contributed by atoms with Crippen molar-refractivity contribution in [2.45, 2.75) is 0 Å². The molecule has 0 saturated carbocycles. The minimum atomic E-state index is 0.907. The Labute approximate surface area is 343 Å². The van der Waals surface area contributed by atoms with Gasteiger partial charge >= 0.3 is 0 Å². The molecule has 0 radical (unpaired) electrons. The lowest BCUT2D eigenvalue weighted by Gasteiger charge is -2.29. The number of anilines is 3. The zero-order valence-electron chi connectivity index (χ0n) is 32.2. The summed E-state index contributed by atoms with van der Waals surface area (Å²) in [6, 6.07) is 79.8. The molecule has 11 rings (SSSR count). The van der Waals surface area contributed by atoms with Gasteiger partial charge in [-0.2, -0.15) is 0 Å². The average molecular weight is 752 g/mol. The van der Waals surface area contributed by atoms with Crippen LogP contribution in [0.3, 0.4) is 0 Å². The van der Waals surface area contributed by atoms with Gasteiger partial charge in [-0.05, 0) is 81.6 Å². The fourth-order valence-electron chi connectivity index (χ4n) is 8.71. The smallest absolute Gasteiger partial charge is 0.0809 e. The highest BCUT2D eigenvalue weighted by atomic mass is 15.1. The molecule has 59 heavy (non-hydrogen) atoms. The van der Waals surface area contributed by atoms with Gasteiger partial charge in [-0.3, -0.25) is 0 Å². The Kier molecular flexibility index (Phi) is 8.49. The van der Waals surface area contributed by atoms with Crippen LogP contribution >= 0.6 is 0 Å². The molecule has 0 aliphatic heterocycles. The summed E-state index contributed by atoms with van der Waals surface area (Å²) >= 11 is 0. The van der Waals surface area contributed by atoms with Crippen LogP contribution in [0, 0.1) is 0 Å². The number of para-hydroxylation sites is 3. The van der Waals surface area contributed by atoms with Gasteiger partial charge in [0.2, 0.25) is 0 Å². The zero-order valence-corrected chi connectivity index (χ0v) is 32.2. The summed E-state index contributed by atoms with van der Waals surface area (Å²) in [4.78, 5) is 13.4. The lowest BCUT2D eigenvalue weighted by molar-refractivity contribution is 1.30. The van der Waals surface area contributed by atoms with Crippen LogP contribution in [-0.2, 0) is 0 Å². The third-order valence-corrected chi connectivity index (χ3v) is 11.4. The van der Waals surface area contributed by atoms with Gasteiger partial charge in [-0.25, -0.2) is 9.97 Å². The molecule has 0 aliphatic carbocycles. The lowest BCUT2D eigenvalue weighted by atomic mass is 9.89. The van der Waals surface area contributed by atoms with Crippen LogP contribution in [0.2, 0.25) is 0 Å². The molecule has 276 valence electrons. The number of hydrogen-bond acceptors (Lipinski definition) is 3. The lowest BCUT2D eigenvalue weighted by Crippen LogP contribution is -2.11. The largest absolute Gasteiger partial charge is 0.310 e. The predicted octanol–water partition coefficient (Wildman–Crippen LogP) is 15.2. The molecule has 0 bridgehead atoms. The summed E-state index contributed by atoms with van der Waals surface area (Å²) in [5.41, 5.74) is 13.7. The molecule has 3 nitrogen and oxygen atoms in total. The van der Waals surface area contributed by atoms with E-state index in [0.29, 0.717) is 0 Å². The van der Waals surface area contributed by atoms with E-state index in [1.807, 2.05) is 0 Å². The van der Waals surface area contributed by atoms with Crippen LogP contribution in [0.5, 0.6) is 0 Å². The van der Waals surface area contributed by atoms with E-state index in [1.165, 1.54) is 16.5 Å². The maximum absolute atomic E-state index is 5.62. The van der Waals surface area contributed by atoms with Gasteiger partial charge < -0.3 is 4.90 Å². The molecule has 0 unspecified atom stereocenters. The van der Waals surface area contributed by atoms with Crippen molar-refractivity contribution in [3.63, 3.8) is 0 Å². The van der Waals surface area contributed by atoms with Crippen LogP contribution in [0.15, 0.2) is 224 Å². The summed E-state index contributed by atoms with van der Waals surface area (Å²) in [5, 5.41) is 6.75. The first kappa shape index (κ1) is 34.4. The molecule has 0 aliphatic rings. The van der Waals surface area contributed by atoms with Crippen LogP contribution in [-0.4, -0.2) is 9.97 Å². The Morgan fingerprint density at radius 2 is 0.864 bits per heavy atom. The molecule has 0 saturated heterocycles. The molecule has 3 heteroatoms. The van der Waals surface area contributed by atoms with Gasteiger partial charge in [-0.1, -0.05) is 176 Å². The quantitative estimate of drug-likeness (QED) is 0.152. The van der Waals surface area contributed by atoms with Crippen LogP contribution in [0.4, 0.5) is 17.1 Å². The SMILES string of the molecule is c1ccc(-c2ccc(-c3cc(-c4cccc5nc(-c6ccccc6)c6c(N(c7ccccc7)c7ccccc7)cc7ccccc7c6c45)nc4ccccc34)cc2)cc1. The highest BCUT2D eigenvalue weighted by Gasteiger charge is 2.24. The molecule has 9 aromatic carbocycles. The Morgan fingerprint density at radius 3 is 1.56 bits per heavy atom. The van der Waals surface area contributed by atoms with Gasteiger partial charge in [0, 0.05) is 44.0 Å². The first-order valence-electron chi connectivity index (χ1n) is 20.1. The van der Waals surface area contributed by atoms with Gasteiger partial charge in [0.05, 0.1) is 28.1 Å². The van der Waals surface area contributed by atoms with Crippen molar-refractivity contribution in [1.29, 1.82) is 0 Å². The van der Waals surface area contributed by atoms with Gasteiger partial charge in [-0.15, -0.1) is 0 Å². The van der Waals surface area contributed by atoms with E-state index in [-0.39, 0.29) is 0 Å². The number of fused-ring (bicyclic) bond motifs is 6. The number of aromatic nitrogens is 2. The Hall–Kier alpha value is -7.88. The first-order valence-corrected chi connectivity index (χ1v) is 20.1. The predicted molar refractivity (Wildman–Crippen MR) is 248 cm³/mol. The Morgan fingerprint density at radius 1 is 0.322 bits per heavy atom. The molecule has 0 fully saturated rings. The molecule has 0 spiro atoms. The number of rotatable bonds is 7. The van der Waals surface area contributed by atoms with Crippen molar-refractivity contribution in [1.82, 2.24) is 9.97 Å². The Balaban J connectivity index is 1.25. The van der Waals surface area contributed by atoms with Crippen LogP contribution in [0.1, 0.15) is 0 Å². The zero-order chi connectivity index (χ0) is 39.1. The van der Waals surface area contributed by atoms with E-state index in [0.717, 1.165) is 88.7 Å². The number of hydrogen-bond donors (Lipinski definition) is 0. The van der Waals surface area contributed by atoms with E-state index in [9.17, 15) is 0 Å². The van der Waals surface area contributed by atoms with Crippen molar-refractivity contribution < 1.29 is 0 Å². The molecule has 11 aromatic rings. The first-order chi connectivity index (χ1) is 29.3. The average Bonchev–Trinajstić information content (AvgIpc) is 3.32. The molecular weight excluding hydrogens is 715 g/mol. The summed E-state index contributed by atoms with van der Waals surface area (Å²) in [6.07, 6.45) is 0. The van der Waals surface area contributed by atoms with Crippen molar-refractivity contribution in [3.8, 4) is 44.8 Å². The number of nitrogens with zero attached hydrogens (tertiary/aromatic N) is 3. The van der Waals surface area contributed by atoms with E-state index >= 15 is 0 Å². The fraction of sp³-hybridized carbons (Fsp3) is 0. The molecule has 0 atom stereocenters. The van der Waals surface area contributed by atoms with E-state index < -0.39 is 0 Å². The van der Waals surface area contributed by atoms with Gasteiger partial charge in [0.25, 0.3) is 0 Å². The van der Waals surface area contributed by atoms with Crippen molar-refractivity contribution in [2.75, 3.05) is 4.90 Å². The van der Waals surface area contributed by atoms with E-state index in [2.05, 4.69) is 229 Å². The summed E-state index contributed by atoms with van der Waals surface area (Å²) in [6.45, 7) is 0. The molecule has 0 N–H and O–H groups in total. The minimum absolute atomic E-state index is 0.907. The van der Waals surface area contributed by atoms with E-state index in [4.69, 9.17) is 9.97 Å². The van der Waals surface area contributed by atoms with Gasteiger partial charge in [0.1, 0.15) is 0 Å². The highest BCUT2D eigenvalue weighted by molar-refractivity contribution is 6.29. The maximum atomic E-state index is 5.62. The molecule has 2 aromatic heterocycles. The third kappa shape index (κ3) is 6.08. The topological polar surface area (TPSA) is 29.0 Å². The monoisotopic (exact) mass is 751 g/mol. The minimum Gasteiger partial charge on any atom is -0.310 e. The number of pyridine rings is 2. The second-order valence-corrected chi connectivity index (χ2v) is 14.9. The molecule has 0 amide bonds. The fourth-order valence-corrected chi connectivity index (χ4v) is 8.71. The second kappa shape index (κ2) is 14.6. The van der Waals surface area contributed by atoms with Crippen molar-refractivity contribution in [3.05, 3.63) is 224 Å². The second-order valence-electron chi connectivity index (χ2n) is 14.9. The summed E-state index contributed by atoms with van der Waals surface area (Å²) in [5.74, 6) is 0.